The summed E-state index contributed by atoms with van der Waals surface area (Å²) in [5, 5.41) is 7.71. The molecule has 4 nitrogen and oxygen atoms in total. The van der Waals surface area contributed by atoms with Gasteiger partial charge in [0.25, 0.3) is 0 Å². The van der Waals surface area contributed by atoms with E-state index in [9.17, 15) is 9.59 Å². The van der Waals surface area contributed by atoms with Gasteiger partial charge in [-0.3, -0.25) is 14.5 Å². The number of hydrogen-bond acceptors (Lipinski definition) is 3. The SMILES string of the molecule is CC1(C)C2C(=O)N(CC(Cl)C#N)C(=O)C21. The lowest BCUT2D eigenvalue weighted by molar-refractivity contribution is -0.142. The molecular formula is C10H11ClN2O2. The molecule has 0 aromatic rings. The van der Waals surface area contributed by atoms with Crippen molar-refractivity contribution in [3.63, 3.8) is 0 Å². The van der Waals surface area contributed by atoms with Crippen molar-refractivity contribution in [3.05, 3.63) is 0 Å². The number of hydrogen-bond donors (Lipinski definition) is 0. The first-order chi connectivity index (χ1) is 6.91. The highest BCUT2D eigenvalue weighted by atomic mass is 35.5. The number of alkyl halides is 1. The van der Waals surface area contributed by atoms with Crippen molar-refractivity contribution >= 4 is 23.4 Å². The molecule has 0 spiro atoms. The van der Waals surface area contributed by atoms with Crippen molar-refractivity contribution < 1.29 is 9.59 Å². The molecule has 2 aliphatic rings. The standard InChI is InChI=1S/C10H11ClN2O2/c1-10(2)6-7(10)9(15)13(8(6)14)4-5(11)3-12/h5-7H,4H2,1-2H3. The first kappa shape index (κ1) is 10.4. The van der Waals surface area contributed by atoms with Gasteiger partial charge in [0.2, 0.25) is 11.8 Å². The highest BCUT2D eigenvalue weighted by Crippen LogP contribution is 2.63. The van der Waals surface area contributed by atoms with E-state index in [1.807, 2.05) is 13.8 Å². The Hall–Kier alpha value is -1.08. The maximum atomic E-state index is 11.8. The van der Waals surface area contributed by atoms with E-state index in [4.69, 9.17) is 16.9 Å². The van der Waals surface area contributed by atoms with E-state index in [0.29, 0.717) is 0 Å². The minimum absolute atomic E-state index is 0.0127. The second kappa shape index (κ2) is 2.96. The average Bonchev–Trinajstić information content (AvgIpc) is 2.64. The van der Waals surface area contributed by atoms with Crippen LogP contribution in [0.2, 0.25) is 0 Å². The number of nitrogens with zero attached hydrogens (tertiary/aromatic N) is 2. The molecule has 1 saturated heterocycles. The van der Waals surface area contributed by atoms with Crippen LogP contribution in [0.5, 0.6) is 0 Å². The number of fused-ring (bicyclic) bond motifs is 1. The summed E-state index contributed by atoms with van der Waals surface area (Å²) in [6.45, 7) is 3.84. The van der Waals surface area contributed by atoms with Crippen molar-refractivity contribution in [2.24, 2.45) is 17.3 Å². The van der Waals surface area contributed by atoms with E-state index in [0.717, 1.165) is 4.90 Å². The fourth-order valence-corrected chi connectivity index (χ4v) is 2.52. The lowest BCUT2D eigenvalue weighted by atomic mass is 10.1. The van der Waals surface area contributed by atoms with Crippen LogP contribution in [-0.2, 0) is 9.59 Å². The third-order valence-corrected chi connectivity index (χ3v) is 3.61. The van der Waals surface area contributed by atoms with Crippen LogP contribution in [0.25, 0.3) is 0 Å². The fourth-order valence-electron chi connectivity index (χ4n) is 2.38. The Kier molecular flexibility index (Phi) is 2.06. The number of rotatable bonds is 2. The van der Waals surface area contributed by atoms with Crippen LogP contribution in [0.4, 0.5) is 0 Å². The Morgan fingerprint density at radius 1 is 1.47 bits per heavy atom. The van der Waals surface area contributed by atoms with Crippen molar-refractivity contribution in [1.82, 2.24) is 4.90 Å². The second-order valence-electron chi connectivity index (χ2n) is 4.66. The number of piperidine rings is 1. The monoisotopic (exact) mass is 226 g/mol. The Morgan fingerprint density at radius 3 is 2.33 bits per heavy atom. The first-order valence-electron chi connectivity index (χ1n) is 4.80. The molecule has 2 amide bonds. The van der Waals surface area contributed by atoms with E-state index in [-0.39, 0.29) is 35.6 Å². The molecular weight excluding hydrogens is 216 g/mol. The molecule has 1 heterocycles. The van der Waals surface area contributed by atoms with Crippen LogP contribution >= 0.6 is 11.6 Å². The molecule has 1 aliphatic carbocycles. The minimum Gasteiger partial charge on any atom is -0.279 e. The summed E-state index contributed by atoms with van der Waals surface area (Å²) in [5.41, 5.74) is -0.195. The summed E-state index contributed by atoms with van der Waals surface area (Å²) in [5.74, 6) is -0.716. The van der Waals surface area contributed by atoms with Crippen molar-refractivity contribution in [1.29, 1.82) is 5.26 Å². The zero-order chi connectivity index (χ0) is 11.4. The Balaban J connectivity index is 2.12. The molecule has 0 radical (unpaired) electrons. The molecule has 0 bridgehead atoms. The molecule has 2 rings (SSSR count). The number of amides is 2. The van der Waals surface area contributed by atoms with E-state index >= 15 is 0 Å². The summed E-state index contributed by atoms with van der Waals surface area (Å²) in [7, 11) is 0. The molecule has 1 aliphatic heterocycles. The van der Waals surface area contributed by atoms with Crippen LogP contribution in [0, 0.1) is 28.6 Å². The van der Waals surface area contributed by atoms with Gasteiger partial charge in [-0.2, -0.15) is 5.26 Å². The molecule has 15 heavy (non-hydrogen) atoms. The number of carbonyl (C=O) groups excluding carboxylic acids is 2. The van der Waals surface area contributed by atoms with E-state index in [1.165, 1.54) is 0 Å². The molecule has 0 aromatic carbocycles. The molecule has 5 heteroatoms. The van der Waals surface area contributed by atoms with Gasteiger partial charge in [-0.15, -0.1) is 11.6 Å². The predicted molar refractivity (Wildman–Crippen MR) is 52.7 cm³/mol. The maximum absolute atomic E-state index is 11.8. The Bertz CT molecular complexity index is 361. The third-order valence-electron chi connectivity index (χ3n) is 3.37. The number of likely N-dealkylation sites (tertiary alicyclic amines) is 1. The lowest BCUT2D eigenvalue weighted by Gasteiger charge is -2.20. The molecule has 3 atom stereocenters. The zero-order valence-electron chi connectivity index (χ0n) is 8.53. The minimum atomic E-state index is -0.807. The number of carbonyl (C=O) groups is 2. The van der Waals surface area contributed by atoms with Gasteiger partial charge < -0.3 is 0 Å². The lowest BCUT2D eigenvalue weighted by Crippen LogP contribution is -2.39. The van der Waals surface area contributed by atoms with Crippen molar-refractivity contribution in [3.8, 4) is 6.07 Å². The Morgan fingerprint density at radius 2 is 1.93 bits per heavy atom. The number of imide groups is 1. The van der Waals surface area contributed by atoms with Gasteiger partial charge in [0.1, 0.15) is 5.38 Å². The Labute approximate surface area is 92.8 Å². The highest BCUT2D eigenvalue weighted by Gasteiger charge is 2.72. The van der Waals surface area contributed by atoms with Gasteiger partial charge >= 0.3 is 0 Å². The molecule has 0 aromatic heterocycles. The van der Waals surface area contributed by atoms with E-state index < -0.39 is 5.38 Å². The smallest absolute Gasteiger partial charge is 0.233 e. The second-order valence-corrected chi connectivity index (χ2v) is 5.19. The molecule has 3 unspecified atom stereocenters. The molecule has 80 valence electrons. The quantitative estimate of drug-likeness (QED) is 0.516. The van der Waals surface area contributed by atoms with E-state index in [1.54, 1.807) is 6.07 Å². The molecule has 0 N–H and O–H groups in total. The fraction of sp³-hybridized carbons (Fsp3) is 0.700. The summed E-state index contributed by atoms with van der Waals surface area (Å²) >= 11 is 5.60. The van der Waals surface area contributed by atoms with Crippen molar-refractivity contribution in [2.45, 2.75) is 19.2 Å². The van der Waals surface area contributed by atoms with Gasteiger partial charge in [0.05, 0.1) is 24.4 Å². The van der Waals surface area contributed by atoms with Crippen LogP contribution in [-0.4, -0.2) is 28.6 Å². The van der Waals surface area contributed by atoms with E-state index in [2.05, 4.69) is 0 Å². The van der Waals surface area contributed by atoms with Gasteiger partial charge in [-0.05, 0) is 5.41 Å². The number of nitriles is 1. The van der Waals surface area contributed by atoms with Crippen LogP contribution < -0.4 is 0 Å². The average molecular weight is 227 g/mol. The van der Waals surface area contributed by atoms with Gasteiger partial charge in [0, 0.05) is 0 Å². The zero-order valence-corrected chi connectivity index (χ0v) is 9.28. The maximum Gasteiger partial charge on any atom is 0.233 e. The van der Waals surface area contributed by atoms with Crippen molar-refractivity contribution in [2.75, 3.05) is 6.54 Å². The molecule has 1 saturated carbocycles. The van der Waals surface area contributed by atoms with Crippen LogP contribution in [0.1, 0.15) is 13.8 Å². The highest BCUT2D eigenvalue weighted by molar-refractivity contribution is 6.23. The summed E-state index contributed by atoms with van der Waals surface area (Å²) in [6.07, 6.45) is 0. The van der Waals surface area contributed by atoms with Gasteiger partial charge in [-0.1, -0.05) is 13.8 Å². The van der Waals surface area contributed by atoms with Gasteiger partial charge in [-0.25, -0.2) is 0 Å². The van der Waals surface area contributed by atoms with Gasteiger partial charge in [0.15, 0.2) is 0 Å². The largest absolute Gasteiger partial charge is 0.279 e. The normalized spacial score (nSPS) is 33.6. The third kappa shape index (κ3) is 1.26. The summed E-state index contributed by atoms with van der Waals surface area (Å²) in [6, 6.07) is 1.80. The predicted octanol–water partition coefficient (Wildman–Crippen LogP) is 0.758. The topological polar surface area (TPSA) is 61.2 Å². The summed E-state index contributed by atoms with van der Waals surface area (Å²) < 4.78 is 0. The van der Waals surface area contributed by atoms with Crippen LogP contribution in [0.15, 0.2) is 0 Å². The number of halogens is 1. The molecule has 2 fully saturated rings. The summed E-state index contributed by atoms with van der Waals surface area (Å²) in [4.78, 5) is 24.6. The van der Waals surface area contributed by atoms with Crippen LogP contribution in [0.3, 0.4) is 0 Å². The first-order valence-corrected chi connectivity index (χ1v) is 5.23.